The van der Waals surface area contributed by atoms with Gasteiger partial charge in [-0.2, -0.15) is 0 Å². The second kappa shape index (κ2) is 5.29. The monoisotopic (exact) mass is 289 g/mol. The number of rotatable bonds is 3. The van der Waals surface area contributed by atoms with Crippen LogP contribution in [-0.2, 0) is 9.47 Å². The van der Waals surface area contributed by atoms with Crippen molar-refractivity contribution in [1.82, 2.24) is 0 Å². The first-order valence-corrected chi connectivity index (χ1v) is 6.81. The number of hydrogen-bond acceptors (Lipinski definition) is 5. The van der Waals surface area contributed by atoms with Gasteiger partial charge in [0.05, 0.1) is 35.4 Å². The fourth-order valence-corrected chi connectivity index (χ4v) is 2.94. The highest BCUT2D eigenvalue weighted by atomic mass is 16.6. The minimum Gasteiger partial charge on any atom is -0.465 e. The lowest BCUT2D eigenvalue weighted by Crippen LogP contribution is -2.16. The zero-order valence-electron chi connectivity index (χ0n) is 11.6. The van der Waals surface area contributed by atoms with Crippen LogP contribution >= 0.6 is 0 Å². The number of fused-ring (bicyclic) bond motifs is 2. The van der Waals surface area contributed by atoms with E-state index in [0.29, 0.717) is 12.0 Å². The van der Waals surface area contributed by atoms with E-state index in [-0.39, 0.29) is 23.5 Å². The number of esters is 1. The van der Waals surface area contributed by atoms with Crippen molar-refractivity contribution in [2.75, 3.05) is 7.11 Å². The van der Waals surface area contributed by atoms with Crippen LogP contribution in [0.3, 0.4) is 0 Å². The van der Waals surface area contributed by atoms with Crippen molar-refractivity contribution >= 4 is 17.2 Å². The van der Waals surface area contributed by atoms with E-state index >= 15 is 0 Å². The maximum absolute atomic E-state index is 11.5. The fraction of sp³-hybridized carbons (Fsp3) is 0.400. The van der Waals surface area contributed by atoms with Gasteiger partial charge in [-0.25, -0.2) is 4.79 Å². The summed E-state index contributed by atoms with van der Waals surface area (Å²) < 4.78 is 10.3. The molecule has 6 nitrogen and oxygen atoms in total. The van der Waals surface area contributed by atoms with E-state index in [0.717, 1.165) is 18.4 Å². The third-order valence-corrected chi connectivity index (χ3v) is 3.94. The Morgan fingerprint density at radius 3 is 2.90 bits per heavy atom. The minimum absolute atomic E-state index is 0.0543. The van der Waals surface area contributed by atoms with Crippen molar-refractivity contribution in [3.63, 3.8) is 0 Å². The normalized spacial score (nSPS) is 23.6. The van der Waals surface area contributed by atoms with E-state index in [2.05, 4.69) is 4.74 Å². The molecule has 6 heteroatoms. The fourth-order valence-electron chi connectivity index (χ4n) is 2.94. The Labute approximate surface area is 121 Å². The lowest BCUT2D eigenvalue weighted by atomic mass is 9.95. The van der Waals surface area contributed by atoms with Gasteiger partial charge < -0.3 is 9.47 Å². The Morgan fingerprint density at radius 2 is 2.24 bits per heavy atom. The maximum Gasteiger partial charge on any atom is 0.338 e. The Bertz CT molecular complexity index is 637. The standard InChI is InChI=1S/C15H15NO5/c1-20-15(17)9-2-5-13(14(8-9)16(18)19)10-6-11-3-4-12(7-10)21-11/h2,5-6,8,11-12H,3-4,7H2,1H3. The average molecular weight is 289 g/mol. The quantitative estimate of drug-likeness (QED) is 0.485. The molecule has 0 radical (unpaired) electrons. The summed E-state index contributed by atoms with van der Waals surface area (Å²) in [6.45, 7) is 0. The first kappa shape index (κ1) is 13.8. The van der Waals surface area contributed by atoms with Crippen molar-refractivity contribution in [1.29, 1.82) is 0 Å². The molecule has 2 unspecified atom stereocenters. The Hall–Kier alpha value is -2.21. The molecule has 0 aliphatic carbocycles. The topological polar surface area (TPSA) is 78.7 Å². The number of carbonyl (C=O) groups excluding carboxylic acids is 1. The Kier molecular flexibility index (Phi) is 3.47. The number of nitrogens with zero attached hydrogens (tertiary/aromatic N) is 1. The molecule has 2 bridgehead atoms. The van der Waals surface area contributed by atoms with Crippen LogP contribution in [0.25, 0.3) is 5.57 Å². The second-order valence-electron chi connectivity index (χ2n) is 5.25. The van der Waals surface area contributed by atoms with Gasteiger partial charge in [-0.3, -0.25) is 10.1 Å². The molecule has 0 saturated carbocycles. The molecule has 1 saturated heterocycles. The van der Waals surface area contributed by atoms with Crippen LogP contribution in [0.2, 0.25) is 0 Å². The molecule has 3 rings (SSSR count). The Balaban J connectivity index is 2.02. The van der Waals surface area contributed by atoms with Crippen molar-refractivity contribution in [3.05, 3.63) is 45.5 Å². The number of methoxy groups -OCH3 is 1. The smallest absolute Gasteiger partial charge is 0.338 e. The molecule has 2 atom stereocenters. The molecule has 0 aromatic heterocycles. The van der Waals surface area contributed by atoms with E-state index in [1.165, 1.54) is 13.2 Å². The van der Waals surface area contributed by atoms with Crippen LogP contribution in [0.15, 0.2) is 24.3 Å². The highest BCUT2D eigenvalue weighted by Gasteiger charge is 2.32. The number of carbonyl (C=O) groups is 1. The largest absolute Gasteiger partial charge is 0.465 e. The summed E-state index contributed by atoms with van der Waals surface area (Å²) in [5, 5.41) is 11.3. The molecular formula is C15H15NO5. The molecular weight excluding hydrogens is 274 g/mol. The molecule has 2 aliphatic heterocycles. The summed E-state index contributed by atoms with van der Waals surface area (Å²) in [4.78, 5) is 22.4. The molecule has 110 valence electrons. The van der Waals surface area contributed by atoms with Gasteiger partial charge >= 0.3 is 5.97 Å². The maximum atomic E-state index is 11.5. The van der Waals surface area contributed by atoms with Gasteiger partial charge in [0.25, 0.3) is 5.69 Å². The molecule has 0 N–H and O–H groups in total. The molecule has 2 heterocycles. The van der Waals surface area contributed by atoms with Crippen molar-refractivity contribution in [2.24, 2.45) is 0 Å². The summed E-state index contributed by atoms with van der Waals surface area (Å²) in [6, 6.07) is 4.47. The van der Waals surface area contributed by atoms with Crippen LogP contribution in [-0.4, -0.2) is 30.2 Å². The second-order valence-corrected chi connectivity index (χ2v) is 5.25. The third kappa shape index (κ3) is 2.54. The van der Waals surface area contributed by atoms with Gasteiger partial charge in [-0.1, -0.05) is 6.08 Å². The molecule has 21 heavy (non-hydrogen) atoms. The summed E-state index contributed by atoms with van der Waals surface area (Å²) in [5.41, 5.74) is 1.61. The van der Waals surface area contributed by atoms with Crippen molar-refractivity contribution < 1.29 is 19.2 Å². The van der Waals surface area contributed by atoms with Crippen LogP contribution < -0.4 is 0 Å². The van der Waals surface area contributed by atoms with Gasteiger partial charge in [-0.05, 0) is 37.0 Å². The predicted molar refractivity (Wildman–Crippen MR) is 74.9 cm³/mol. The van der Waals surface area contributed by atoms with Crippen LogP contribution in [0.1, 0.15) is 35.2 Å². The summed E-state index contributed by atoms with van der Waals surface area (Å²) >= 11 is 0. The van der Waals surface area contributed by atoms with Crippen molar-refractivity contribution in [3.8, 4) is 0 Å². The molecule has 1 fully saturated rings. The number of benzene rings is 1. The molecule has 1 aromatic carbocycles. The first-order valence-electron chi connectivity index (χ1n) is 6.81. The highest BCUT2D eigenvalue weighted by Crippen LogP contribution is 2.39. The average Bonchev–Trinajstić information content (AvgIpc) is 2.84. The van der Waals surface area contributed by atoms with Gasteiger partial charge in [-0.15, -0.1) is 0 Å². The third-order valence-electron chi connectivity index (χ3n) is 3.94. The van der Waals surface area contributed by atoms with E-state index in [1.54, 1.807) is 12.1 Å². The lowest BCUT2D eigenvalue weighted by Gasteiger charge is -2.20. The van der Waals surface area contributed by atoms with Crippen LogP contribution in [0.4, 0.5) is 5.69 Å². The van der Waals surface area contributed by atoms with Gasteiger partial charge in [0.1, 0.15) is 0 Å². The SMILES string of the molecule is COC(=O)c1ccc(C2=CC3CCC(C2)O3)c([N+](=O)[O-])c1. The number of nitro benzene ring substituents is 1. The number of ether oxygens (including phenoxy) is 2. The van der Waals surface area contributed by atoms with Crippen LogP contribution in [0.5, 0.6) is 0 Å². The zero-order chi connectivity index (χ0) is 15.0. The minimum atomic E-state index is -0.578. The first-order chi connectivity index (χ1) is 10.1. The van der Waals surface area contributed by atoms with E-state index in [1.807, 2.05) is 6.08 Å². The van der Waals surface area contributed by atoms with Crippen molar-refractivity contribution in [2.45, 2.75) is 31.5 Å². The molecule has 0 spiro atoms. The predicted octanol–water partition coefficient (Wildman–Crippen LogP) is 2.72. The van der Waals surface area contributed by atoms with Gasteiger partial charge in [0, 0.05) is 6.07 Å². The lowest BCUT2D eigenvalue weighted by molar-refractivity contribution is -0.385. The van der Waals surface area contributed by atoms with Crippen LogP contribution in [0, 0.1) is 10.1 Å². The summed E-state index contributed by atoms with van der Waals surface area (Å²) in [7, 11) is 1.25. The van der Waals surface area contributed by atoms with Gasteiger partial charge in [0.15, 0.2) is 0 Å². The molecule has 1 aromatic rings. The van der Waals surface area contributed by atoms with Gasteiger partial charge in [0.2, 0.25) is 0 Å². The molecule has 0 amide bonds. The molecule has 2 aliphatic rings. The van der Waals surface area contributed by atoms with E-state index < -0.39 is 10.9 Å². The zero-order valence-corrected chi connectivity index (χ0v) is 11.6. The summed E-state index contributed by atoms with van der Waals surface area (Å²) in [6.07, 6.45) is 4.79. The Morgan fingerprint density at radius 1 is 1.43 bits per heavy atom. The highest BCUT2D eigenvalue weighted by molar-refractivity contribution is 5.91. The van der Waals surface area contributed by atoms with E-state index in [9.17, 15) is 14.9 Å². The number of nitro groups is 1. The summed E-state index contributed by atoms with van der Waals surface area (Å²) in [5.74, 6) is -0.578. The van der Waals surface area contributed by atoms with E-state index in [4.69, 9.17) is 4.74 Å². The number of hydrogen-bond donors (Lipinski definition) is 0.